The Morgan fingerprint density at radius 2 is 2.06 bits per heavy atom. The summed E-state index contributed by atoms with van der Waals surface area (Å²) in [7, 11) is 0. The standard InChI is InChI=1S/C12H10F2N2O/c13-9-3-2-8(6-10(9)14)16-11(17)12(7-15)4-1-5-12/h2-3,6H,1,4-5H2,(H,16,17). The highest BCUT2D eigenvalue weighted by atomic mass is 19.2. The van der Waals surface area contributed by atoms with Crippen LogP contribution in [0.4, 0.5) is 14.5 Å². The smallest absolute Gasteiger partial charge is 0.244 e. The number of amides is 1. The van der Waals surface area contributed by atoms with Crippen LogP contribution in [0, 0.1) is 28.4 Å². The molecule has 1 saturated carbocycles. The summed E-state index contributed by atoms with van der Waals surface area (Å²) in [5.41, 5.74) is -0.833. The molecule has 1 aromatic rings. The van der Waals surface area contributed by atoms with Gasteiger partial charge in [0.15, 0.2) is 11.6 Å². The minimum atomic E-state index is -1.03. The van der Waals surface area contributed by atoms with Crippen LogP contribution in [0.5, 0.6) is 0 Å². The lowest BCUT2D eigenvalue weighted by Gasteiger charge is -2.33. The molecule has 1 aliphatic carbocycles. The molecule has 0 bridgehead atoms. The van der Waals surface area contributed by atoms with Crippen molar-refractivity contribution < 1.29 is 13.6 Å². The average molecular weight is 236 g/mol. The predicted molar refractivity (Wildman–Crippen MR) is 56.9 cm³/mol. The maximum atomic E-state index is 12.9. The molecule has 1 amide bonds. The van der Waals surface area contributed by atoms with Crippen molar-refractivity contribution in [1.82, 2.24) is 0 Å². The lowest BCUT2D eigenvalue weighted by molar-refractivity contribution is -0.126. The van der Waals surface area contributed by atoms with E-state index in [0.717, 1.165) is 18.6 Å². The second-order valence-electron chi connectivity index (χ2n) is 4.13. The Labute approximate surface area is 97.1 Å². The van der Waals surface area contributed by atoms with Gasteiger partial charge in [-0.1, -0.05) is 0 Å². The Morgan fingerprint density at radius 3 is 2.53 bits per heavy atom. The lowest BCUT2D eigenvalue weighted by atomic mass is 9.69. The van der Waals surface area contributed by atoms with Gasteiger partial charge in [0.1, 0.15) is 5.41 Å². The highest BCUT2D eigenvalue weighted by Gasteiger charge is 2.44. The molecule has 88 valence electrons. The van der Waals surface area contributed by atoms with Crippen LogP contribution in [0.15, 0.2) is 18.2 Å². The second-order valence-corrected chi connectivity index (χ2v) is 4.13. The molecule has 5 heteroatoms. The van der Waals surface area contributed by atoms with E-state index >= 15 is 0 Å². The monoisotopic (exact) mass is 236 g/mol. The number of nitrogens with one attached hydrogen (secondary N) is 1. The first-order valence-corrected chi connectivity index (χ1v) is 5.25. The minimum Gasteiger partial charge on any atom is -0.325 e. The second kappa shape index (κ2) is 4.13. The topological polar surface area (TPSA) is 52.9 Å². The van der Waals surface area contributed by atoms with Gasteiger partial charge in [-0.15, -0.1) is 0 Å². The molecule has 0 heterocycles. The Balaban J connectivity index is 2.13. The third-order valence-electron chi connectivity index (χ3n) is 3.03. The van der Waals surface area contributed by atoms with Crippen LogP contribution in [-0.4, -0.2) is 5.91 Å². The molecule has 17 heavy (non-hydrogen) atoms. The fourth-order valence-electron chi connectivity index (χ4n) is 1.74. The van der Waals surface area contributed by atoms with Gasteiger partial charge >= 0.3 is 0 Å². The molecule has 0 aliphatic heterocycles. The number of carbonyl (C=O) groups excluding carboxylic acids is 1. The van der Waals surface area contributed by atoms with Crippen LogP contribution in [0.2, 0.25) is 0 Å². The Kier molecular flexibility index (Phi) is 2.80. The molecule has 0 saturated heterocycles. The number of hydrogen-bond acceptors (Lipinski definition) is 2. The van der Waals surface area contributed by atoms with Crippen molar-refractivity contribution in [3.05, 3.63) is 29.8 Å². The van der Waals surface area contributed by atoms with E-state index in [1.54, 1.807) is 0 Å². The van der Waals surface area contributed by atoms with Crippen LogP contribution in [-0.2, 0) is 4.79 Å². The number of benzene rings is 1. The van der Waals surface area contributed by atoms with Crippen molar-refractivity contribution in [3.8, 4) is 6.07 Å². The molecular weight excluding hydrogens is 226 g/mol. The first-order chi connectivity index (χ1) is 8.07. The minimum absolute atomic E-state index is 0.162. The van der Waals surface area contributed by atoms with Crippen LogP contribution in [0.25, 0.3) is 0 Å². The molecular formula is C12H10F2N2O. The fourth-order valence-corrected chi connectivity index (χ4v) is 1.74. The van der Waals surface area contributed by atoms with Crippen LogP contribution in [0.1, 0.15) is 19.3 Å². The molecule has 0 atom stereocenters. The van der Waals surface area contributed by atoms with Gasteiger partial charge in [0, 0.05) is 11.8 Å². The number of carbonyl (C=O) groups is 1. The van der Waals surface area contributed by atoms with Gasteiger partial charge in [0.25, 0.3) is 0 Å². The van der Waals surface area contributed by atoms with Crippen molar-refractivity contribution in [2.24, 2.45) is 5.41 Å². The number of nitriles is 1. The van der Waals surface area contributed by atoms with Gasteiger partial charge in [-0.25, -0.2) is 8.78 Å². The van der Waals surface area contributed by atoms with E-state index in [9.17, 15) is 13.6 Å². The van der Waals surface area contributed by atoms with Crippen LogP contribution < -0.4 is 5.32 Å². The van der Waals surface area contributed by atoms with Gasteiger partial charge in [-0.3, -0.25) is 4.79 Å². The van der Waals surface area contributed by atoms with Gasteiger partial charge < -0.3 is 5.32 Å². The van der Waals surface area contributed by atoms with Gasteiger partial charge in [0.05, 0.1) is 6.07 Å². The molecule has 1 aliphatic rings. The maximum absolute atomic E-state index is 12.9. The third kappa shape index (κ3) is 1.98. The van der Waals surface area contributed by atoms with E-state index in [1.807, 2.05) is 6.07 Å². The zero-order chi connectivity index (χ0) is 12.5. The number of halogens is 2. The van der Waals surface area contributed by atoms with Crippen molar-refractivity contribution in [1.29, 1.82) is 5.26 Å². The highest BCUT2D eigenvalue weighted by Crippen LogP contribution is 2.41. The zero-order valence-electron chi connectivity index (χ0n) is 8.96. The average Bonchev–Trinajstić information content (AvgIpc) is 2.23. The lowest BCUT2D eigenvalue weighted by Crippen LogP contribution is -2.40. The third-order valence-corrected chi connectivity index (χ3v) is 3.03. The number of nitrogens with zero attached hydrogens (tertiary/aromatic N) is 1. The maximum Gasteiger partial charge on any atom is 0.244 e. The highest BCUT2D eigenvalue weighted by molar-refractivity contribution is 5.97. The van der Waals surface area contributed by atoms with Gasteiger partial charge in [-0.05, 0) is 31.4 Å². The summed E-state index contributed by atoms with van der Waals surface area (Å²) in [6, 6.07) is 5.08. The fraction of sp³-hybridized carbons (Fsp3) is 0.333. The van der Waals surface area contributed by atoms with E-state index in [0.29, 0.717) is 12.8 Å². The molecule has 2 rings (SSSR count). The summed E-state index contributed by atoms with van der Waals surface area (Å²) in [6.07, 6.45) is 1.86. The number of rotatable bonds is 2. The van der Waals surface area contributed by atoms with Crippen molar-refractivity contribution in [2.45, 2.75) is 19.3 Å². The Bertz CT molecular complexity index is 504. The summed E-state index contributed by atoms with van der Waals surface area (Å²) < 4.78 is 25.6. The van der Waals surface area contributed by atoms with E-state index in [1.165, 1.54) is 6.07 Å². The molecule has 3 nitrogen and oxygen atoms in total. The van der Waals surface area contributed by atoms with Crippen LogP contribution in [0.3, 0.4) is 0 Å². The number of anilines is 1. The molecule has 1 aromatic carbocycles. The summed E-state index contributed by atoms with van der Waals surface area (Å²) in [6.45, 7) is 0. The summed E-state index contributed by atoms with van der Waals surface area (Å²) in [5.74, 6) is -2.44. The molecule has 0 radical (unpaired) electrons. The molecule has 0 spiro atoms. The molecule has 0 aromatic heterocycles. The van der Waals surface area contributed by atoms with Crippen molar-refractivity contribution in [2.75, 3.05) is 5.32 Å². The normalized spacial score (nSPS) is 16.8. The first kappa shape index (κ1) is 11.5. The molecule has 0 unspecified atom stereocenters. The largest absolute Gasteiger partial charge is 0.325 e. The van der Waals surface area contributed by atoms with E-state index in [2.05, 4.69) is 5.32 Å². The quantitative estimate of drug-likeness (QED) is 0.858. The zero-order valence-corrected chi connectivity index (χ0v) is 8.96. The van der Waals surface area contributed by atoms with E-state index in [-0.39, 0.29) is 5.69 Å². The summed E-state index contributed by atoms with van der Waals surface area (Å²) in [5, 5.41) is 11.4. The SMILES string of the molecule is N#CC1(C(=O)Nc2ccc(F)c(F)c2)CCC1. The van der Waals surface area contributed by atoms with E-state index < -0.39 is 23.0 Å². The van der Waals surface area contributed by atoms with Crippen molar-refractivity contribution >= 4 is 11.6 Å². The van der Waals surface area contributed by atoms with Crippen LogP contribution >= 0.6 is 0 Å². The molecule has 1 fully saturated rings. The molecule has 1 N–H and O–H groups in total. The number of hydrogen-bond donors (Lipinski definition) is 1. The Hall–Kier alpha value is -1.96. The summed E-state index contributed by atoms with van der Waals surface area (Å²) >= 11 is 0. The van der Waals surface area contributed by atoms with Gasteiger partial charge in [-0.2, -0.15) is 5.26 Å². The van der Waals surface area contributed by atoms with Crippen molar-refractivity contribution in [3.63, 3.8) is 0 Å². The Morgan fingerprint density at radius 1 is 1.35 bits per heavy atom. The van der Waals surface area contributed by atoms with Gasteiger partial charge in [0.2, 0.25) is 5.91 Å². The predicted octanol–water partition coefficient (Wildman–Crippen LogP) is 2.60. The summed E-state index contributed by atoms with van der Waals surface area (Å²) in [4.78, 5) is 11.8. The first-order valence-electron chi connectivity index (χ1n) is 5.25. The van der Waals surface area contributed by atoms with E-state index in [4.69, 9.17) is 5.26 Å².